The van der Waals surface area contributed by atoms with Gasteiger partial charge in [0, 0.05) is 50.1 Å². The van der Waals surface area contributed by atoms with Crippen molar-refractivity contribution in [1.29, 1.82) is 0 Å². The second kappa shape index (κ2) is 13.4. The van der Waals surface area contributed by atoms with Crippen LogP contribution in [0, 0.1) is 0 Å². The van der Waals surface area contributed by atoms with Crippen LogP contribution in [0.25, 0.3) is 93.2 Å². The first-order chi connectivity index (χ1) is 29.2. The Morgan fingerprint density at radius 2 is 0.864 bits per heavy atom. The molecule has 10 aromatic carbocycles. The third kappa shape index (κ3) is 5.44. The van der Waals surface area contributed by atoms with Crippen LogP contribution in [-0.4, -0.2) is 4.57 Å². The van der Waals surface area contributed by atoms with Crippen LogP contribution in [0.3, 0.4) is 0 Å². The highest BCUT2D eigenvalue weighted by Crippen LogP contribution is 2.44. The van der Waals surface area contributed by atoms with Crippen molar-refractivity contribution >= 4 is 82.4 Å². The molecule has 0 saturated heterocycles. The van der Waals surface area contributed by atoms with E-state index in [0.29, 0.717) is 0 Å². The Bertz CT molecular complexity index is 3490. The fraction of sp³-hybridized carbons (Fsp3) is 0. The molecule has 12 rings (SSSR count). The fourth-order valence-corrected chi connectivity index (χ4v) is 9.17. The zero-order valence-electron chi connectivity index (χ0n) is 32.1. The Labute approximate surface area is 341 Å². The third-order valence-corrected chi connectivity index (χ3v) is 12.0. The summed E-state index contributed by atoms with van der Waals surface area (Å²) in [5, 5.41) is 9.53. The maximum Gasteiger partial charge on any atom is 0.137 e. The first kappa shape index (κ1) is 33.3. The summed E-state index contributed by atoms with van der Waals surface area (Å²) >= 11 is 0. The Hall–Kier alpha value is -7.88. The highest BCUT2D eigenvalue weighted by atomic mass is 16.3. The van der Waals surface area contributed by atoms with Gasteiger partial charge in [-0.2, -0.15) is 0 Å². The topological polar surface area (TPSA) is 21.3 Å². The van der Waals surface area contributed by atoms with Gasteiger partial charge in [-0.1, -0.05) is 152 Å². The molecule has 0 amide bonds. The van der Waals surface area contributed by atoms with Gasteiger partial charge in [0.15, 0.2) is 0 Å². The van der Waals surface area contributed by atoms with Crippen molar-refractivity contribution in [3.63, 3.8) is 0 Å². The monoisotopic (exact) mass is 752 g/mol. The molecule has 276 valence electrons. The van der Waals surface area contributed by atoms with E-state index in [0.717, 1.165) is 44.7 Å². The second-order valence-electron chi connectivity index (χ2n) is 15.3. The van der Waals surface area contributed by atoms with E-state index >= 15 is 0 Å². The van der Waals surface area contributed by atoms with Gasteiger partial charge in [-0.15, -0.1) is 0 Å². The van der Waals surface area contributed by atoms with E-state index in [-0.39, 0.29) is 0 Å². The Morgan fingerprint density at radius 3 is 1.56 bits per heavy atom. The van der Waals surface area contributed by atoms with Gasteiger partial charge in [-0.3, -0.25) is 0 Å². The predicted octanol–water partition coefficient (Wildman–Crippen LogP) is 15.8. The van der Waals surface area contributed by atoms with Crippen LogP contribution >= 0.6 is 0 Å². The smallest absolute Gasteiger partial charge is 0.137 e. The zero-order chi connectivity index (χ0) is 38.9. The maximum absolute atomic E-state index is 6.70. The van der Waals surface area contributed by atoms with Crippen LogP contribution < -0.4 is 4.90 Å². The maximum atomic E-state index is 6.70. The van der Waals surface area contributed by atoms with Crippen LogP contribution in [0.1, 0.15) is 0 Å². The Balaban J connectivity index is 1.00. The van der Waals surface area contributed by atoms with Crippen molar-refractivity contribution < 1.29 is 4.42 Å². The molecule has 0 atom stereocenters. The number of benzene rings is 10. The number of rotatable bonds is 6. The molecule has 2 aromatic heterocycles. The predicted molar refractivity (Wildman–Crippen MR) is 249 cm³/mol. The Kier molecular flexibility index (Phi) is 7.54. The van der Waals surface area contributed by atoms with Crippen LogP contribution in [0.2, 0.25) is 0 Å². The SMILES string of the molecule is c1ccc(-c2ccc(-c3ccc(N(c4ccc5c(c4)oc4ccc(-n6c7ccccc7c7ccccc76)cc45)c4cc5ccccc5c5ccccc45)cc3)cc2)cc1. The molecule has 0 aliphatic carbocycles. The zero-order valence-corrected chi connectivity index (χ0v) is 32.1. The van der Waals surface area contributed by atoms with Crippen LogP contribution in [0.5, 0.6) is 0 Å². The number of fused-ring (bicyclic) bond motifs is 9. The van der Waals surface area contributed by atoms with E-state index in [4.69, 9.17) is 4.42 Å². The molecular weight excluding hydrogens is 717 g/mol. The van der Waals surface area contributed by atoms with E-state index in [1.54, 1.807) is 0 Å². The largest absolute Gasteiger partial charge is 0.456 e. The number of furan rings is 1. The van der Waals surface area contributed by atoms with E-state index in [1.807, 2.05) is 0 Å². The summed E-state index contributed by atoms with van der Waals surface area (Å²) < 4.78 is 9.07. The number of hydrogen-bond acceptors (Lipinski definition) is 2. The first-order valence-electron chi connectivity index (χ1n) is 20.2. The molecule has 0 fully saturated rings. The van der Waals surface area contributed by atoms with Gasteiger partial charge >= 0.3 is 0 Å². The average molecular weight is 753 g/mol. The van der Waals surface area contributed by atoms with Gasteiger partial charge in [0.25, 0.3) is 0 Å². The second-order valence-corrected chi connectivity index (χ2v) is 15.3. The molecule has 2 heterocycles. The fourth-order valence-electron chi connectivity index (χ4n) is 9.17. The van der Waals surface area contributed by atoms with Gasteiger partial charge in [-0.05, 0) is 99.1 Å². The van der Waals surface area contributed by atoms with Crippen molar-refractivity contribution in [3.05, 3.63) is 218 Å². The minimum atomic E-state index is 0.849. The normalized spacial score (nSPS) is 11.7. The molecule has 0 N–H and O–H groups in total. The molecule has 59 heavy (non-hydrogen) atoms. The lowest BCUT2D eigenvalue weighted by Gasteiger charge is -2.27. The molecule has 0 saturated carbocycles. The Morgan fingerprint density at radius 1 is 0.322 bits per heavy atom. The standard InChI is InChI=1S/C56H36N2O/c1-2-12-37(13-3-1)38-22-24-39(25-23-38)40-26-28-42(29-27-40)57(54-34-41-14-4-5-15-45(41)46-16-6-7-17-47(46)54)44-30-32-50-51-35-43(31-33-55(51)59-56(50)36-44)58-52-20-10-8-18-48(52)49-19-9-11-21-53(49)58/h1-36H. The third-order valence-electron chi connectivity index (χ3n) is 12.0. The molecule has 0 aliphatic heterocycles. The van der Waals surface area contributed by atoms with E-state index in [9.17, 15) is 0 Å². The van der Waals surface area contributed by atoms with Crippen molar-refractivity contribution in [3.8, 4) is 27.9 Å². The number of hydrogen-bond donors (Lipinski definition) is 0. The lowest BCUT2D eigenvalue weighted by atomic mass is 9.98. The molecule has 0 radical (unpaired) electrons. The van der Waals surface area contributed by atoms with Crippen molar-refractivity contribution in [1.82, 2.24) is 4.57 Å². The van der Waals surface area contributed by atoms with Crippen LogP contribution in [-0.2, 0) is 0 Å². The minimum absolute atomic E-state index is 0.849. The van der Waals surface area contributed by atoms with Crippen LogP contribution in [0.15, 0.2) is 223 Å². The minimum Gasteiger partial charge on any atom is -0.456 e. The number of para-hydroxylation sites is 2. The molecule has 0 unspecified atom stereocenters. The lowest BCUT2D eigenvalue weighted by molar-refractivity contribution is 0.669. The van der Waals surface area contributed by atoms with Gasteiger partial charge < -0.3 is 13.9 Å². The lowest BCUT2D eigenvalue weighted by Crippen LogP contribution is -2.10. The highest BCUT2D eigenvalue weighted by Gasteiger charge is 2.20. The molecule has 0 bridgehead atoms. The summed E-state index contributed by atoms with van der Waals surface area (Å²) in [5.74, 6) is 0. The first-order valence-corrected chi connectivity index (χ1v) is 20.2. The van der Waals surface area contributed by atoms with Crippen molar-refractivity contribution in [2.75, 3.05) is 4.90 Å². The summed E-state index contributed by atoms with van der Waals surface area (Å²) in [4.78, 5) is 2.38. The molecular formula is C56H36N2O. The van der Waals surface area contributed by atoms with Gasteiger partial charge in [0.05, 0.1) is 16.7 Å². The number of aromatic nitrogens is 1. The summed E-state index contributed by atoms with van der Waals surface area (Å²) in [6.07, 6.45) is 0. The highest BCUT2D eigenvalue weighted by molar-refractivity contribution is 6.15. The van der Waals surface area contributed by atoms with Gasteiger partial charge in [0.1, 0.15) is 11.2 Å². The number of nitrogens with zero attached hydrogens (tertiary/aromatic N) is 2. The number of anilines is 3. The summed E-state index contributed by atoms with van der Waals surface area (Å²) in [5.41, 5.74) is 13.2. The molecule has 12 aromatic rings. The quantitative estimate of drug-likeness (QED) is 0.158. The van der Waals surface area contributed by atoms with Crippen molar-refractivity contribution in [2.24, 2.45) is 0 Å². The molecule has 0 spiro atoms. The molecule has 3 nitrogen and oxygen atoms in total. The summed E-state index contributed by atoms with van der Waals surface area (Å²) in [6.45, 7) is 0. The van der Waals surface area contributed by atoms with E-state index in [1.165, 1.54) is 65.6 Å². The molecule has 0 aliphatic rings. The molecule has 3 heteroatoms. The van der Waals surface area contributed by atoms with Gasteiger partial charge in [0.2, 0.25) is 0 Å². The van der Waals surface area contributed by atoms with Crippen LogP contribution in [0.4, 0.5) is 17.1 Å². The van der Waals surface area contributed by atoms with Gasteiger partial charge in [-0.25, -0.2) is 0 Å². The van der Waals surface area contributed by atoms with Crippen molar-refractivity contribution in [2.45, 2.75) is 0 Å². The van der Waals surface area contributed by atoms with E-state index in [2.05, 4.69) is 228 Å². The summed E-state index contributed by atoms with van der Waals surface area (Å²) in [7, 11) is 0. The average Bonchev–Trinajstić information content (AvgIpc) is 3.85. The van der Waals surface area contributed by atoms with E-state index < -0.39 is 0 Å². The summed E-state index contributed by atoms with van der Waals surface area (Å²) in [6, 6.07) is 78.6.